The van der Waals surface area contributed by atoms with Gasteiger partial charge in [-0.05, 0) is 53.1 Å². The first-order valence-corrected chi connectivity index (χ1v) is 12.6. The third kappa shape index (κ3) is 7.21. The molecule has 0 atom stereocenters. The summed E-state index contributed by atoms with van der Waals surface area (Å²) in [7, 11) is 0. The Balaban J connectivity index is 2.36. The maximum absolute atomic E-state index is 15.0. The standard InChI is InChI=1S/C30H12F18/c31-25(32,33)16-7-1-13(2-8-16)19-20(14-3-9-17(10-4-14)26(34,35)36)23(29(43,44)45)24(30(46,47)48)21(22(19)28(40,41)42)15-5-11-18(12-6-15)27(37,38)39/h1-12H. The lowest BCUT2D eigenvalue weighted by Gasteiger charge is -2.30. The van der Waals surface area contributed by atoms with Crippen LogP contribution in [0.15, 0.2) is 72.8 Å². The number of hydrogen-bond acceptors (Lipinski definition) is 0. The molecule has 4 aromatic rings. The molecule has 0 nitrogen and oxygen atoms in total. The van der Waals surface area contributed by atoms with E-state index in [0.717, 1.165) is 0 Å². The lowest BCUT2D eigenvalue weighted by Crippen LogP contribution is -2.24. The van der Waals surface area contributed by atoms with Crippen molar-refractivity contribution in [2.24, 2.45) is 0 Å². The molecule has 18 heteroatoms. The quantitative estimate of drug-likeness (QED) is 0.185. The van der Waals surface area contributed by atoms with Gasteiger partial charge in [0.15, 0.2) is 0 Å². The summed E-state index contributed by atoms with van der Waals surface area (Å²) in [5.74, 6) is 0. The second kappa shape index (κ2) is 11.6. The van der Waals surface area contributed by atoms with Crippen molar-refractivity contribution in [1.82, 2.24) is 0 Å². The number of rotatable bonds is 3. The van der Waals surface area contributed by atoms with Gasteiger partial charge in [0, 0.05) is 16.7 Å². The van der Waals surface area contributed by atoms with Gasteiger partial charge in [0.05, 0.1) is 33.4 Å². The molecule has 0 aliphatic heterocycles. The predicted molar refractivity (Wildman–Crippen MR) is 133 cm³/mol. The van der Waals surface area contributed by atoms with Crippen LogP contribution in [0, 0.1) is 0 Å². The van der Waals surface area contributed by atoms with Gasteiger partial charge in [-0.15, -0.1) is 0 Å². The van der Waals surface area contributed by atoms with Crippen molar-refractivity contribution < 1.29 is 79.0 Å². The van der Waals surface area contributed by atoms with Crippen LogP contribution in [0.5, 0.6) is 0 Å². The van der Waals surface area contributed by atoms with Gasteiger partial charge >= 0.3 is 37.1 Å². The average Bonchev–Trinajstić information content (AvgIpc) is 2.93. The van der Waals surface area contributed by atoms with Gasteiger partial charge < -0.3 is 0 Å². The summed E-state index contributed by atoms with van der Waals surface area (Å²) in [4.78, 5) is 0. The van der Waals surface area contributed by atoms with Gasteiger partial charge in [-0.25, -0.2) is 0 Å². The van der Waals surface area contributed by atoms with E-state index in [2.05, 4.69) is 0 Å². The van der Waals surface area contributed by atoms with Crippen LogP contribution in [-0.2, 0) is 37.1 Å². The van der Waals surface area contributed by atoms with Gasteiger partial charge in [-0.3, -0.25) is 0 Å². The van der Waals surface area contributed by atoms with Gasteiger partial charge in [0.25, 0.3) is 0 Å². The molecular weight excluding hydrogens is 702 g/mol. The van der Waals surface area contributed by atoms with E-state index < -0.39 is 104 Å². The highest BCUT2D eigenvalue weighted by molar-refractivity contribution is 5.96. The fourth-order valence-electron chi connectivity index (χ4n) is 4.94. The zero-order chi connectivity index (χ0) is 36.4. The molecule has 0 amide bonds. The van der Waals surface area contributed by atoms with Crippen LogP contribution in [0.3, 0.4) is 0 Å². The first-order valence-electron chi connectivity index (χ1n) is 12.6. The van der Waals surface area contributed by atoms with Crippen molar-refractivity contribution in [2.75, 3.05) is 0 Å². The third-order valence-corrected chi connectivity index (χ3v) is 6.85. The minimum Gasteiger partial charge on any atom is -0.166 e. The zero-order valence-electron chi connectivity index (χ0n) is 22.7. The Morgan fingerprint density at radius 3 is 0.667 bits per heavy atom. The highest BCUT2D eigenvalue weighted by Crippen LogP contribution is 2.58. The van der Waals surface area contributed by atoms with Gasteiger partial charge in [0.1, 0.15) is 0 Å². The molecule has 0 heterocycles. The Labute approximate surface area is 256 Å². The number of benzene rings is 4. The minimum absolute atomic E-state index is 0.00945. The number of hydrogen-bond donors (Lipinski definition) is 0. The summed E-state index contributed by atoms with van der Waals surface area (Å²) in [5.41, 5.74) is -23.4. The van der Waals surface area contributed by atoms with E-state index >= 15 is 0 Å². The molecule has 0 saturated carbocycles. The summed E-state index contributed by atoms with van der Waals surface area (Å²) in [6.07, 6.45) is -34.3. The molecule has 48 heavy (non-hydrogen) atoms. The predicted octanol–water partition coefficient (Wildman–Crippen LogP) is 12.8. The van der Waals surface area contributed by atoms with Gasteiger partial charge in [-0.2, -0.15) is 79.0 Å². The largest absolute Gasteiger partial charge is 0.417 e. The molecule has 4 rings (SSSR count). The second-order valence-electron chi connectivity index (χ2n) is 9.97. The van der Waals surface area contributed by atoms with E-state index in [1.165, 1.54) is 0 Å². The van der Waals surface area contributed by atoms with E-state index in [1.54, 1.807) is 0 Å². The van der Waals surface area contributed by atoms with Crippen molar-refractivity contribution in [3.8, 4) is 33.4 Å². The van der Waals surface area contributed by atoms with Crippen LogP contribution in [0.1, 0.15) is 33.4 Å². The summed E-state index contributed by atoms with van der Waals surface area (Å²) < 4.78 is 252. The highest BCUT2D eigenvalue weighted by Gasteiger charge is 2.52. The molecule has 0 spiro atoms. The van der Waals surface area contributed by atoms with Crippen LogP contribution >= 0.6 is 0 Å². The third-order valence-electron chi connectivity index (χ3n) is 6.85. The Bertz CT molecular complexity index is 1780. The smallest absolute Gasteiger partial charge is 0.166 e. The van der Waals surface area contributed by atoms with Crippen molar-refractivity contribution in [1.29, 1.82) is 0 Å². The zero-order valence-corrected chi connectivity index (χ0v) is 22.7. The molecule has 0 saturated heterocycles. The maximum Gasteiger partial charge on any atom is 0.417 e. The molecule has 0 aliphatic rings. The molecule has 4 aromatic carbocycles. The van der Waals surface area contributed by atoms with E-state index in [0.29, 0.717) is 0 Å². The van der Waals surface area contributed by atoms with Crippen molar-refractivity contribution in [3.05, 3.63) is 106 Å². The van der Waals surface area contributed by atoms with Crippen LogP contribution in [0.25, 0.3) is 33.4 Å². The molecule has 0 unspecified atom stereocenters. The fourth-order valence-corrected chi connectivity index (χ4v) is 4.94. The first-order chi connectivity index (χ1) is 21.6. The molecule has 0 fully saturated rings. The summed E-state index contributed by atoms with van der Waals surface area (Å²) in [6, 6.07) is 1.02. The molecular formula is C30H12F18. The Kier molecular flexibility index (Phi) is 8.85. The van der Waals surface area contributed by atoms with E-state index in [-0.39, 0.29) is 72.8 Å². The van der Waals surface area contributed by atoms with Crippen LogP contribution in [0.2, 0.25) is 0 Å². The first kappa shape index (κ1) is 36.5. The molecule has 0 aliphatic carbocycles. The van der Waals surface area contributed by atoms with Crippen molar-refractivity contribution in [2.45, 2.75) is 37.1 Å². The molecule has 0 radical (unpaired) electrons. The average molecular weight is 714 g/mol. The SMILES string of the molecule is FC(F)(F)c1ccc(-c2c(-c3ccc(C(F)(F)F)cc3)c(C(F)(F)F)c(C(F)(F)F)c(-c3ccc(C(F)(F)F)cc3)c2C(F)(F)F)cc1. The normalized spacial score (nSPS) is 13.6. The molecule has 0 aromatic heterocycles. The lowest BCUT2D eigenvalue weighted by atomic mass is 9.78. The topological polar surface area (TPSA) is 0 Å². The Morgan fingerprint density at radius 2 is 0.438 bits per heavy atom. The fraction of sp³-hybridized carbons (Fsp3) is 0.200. The van der Waals surface area contributed by atoms with Gasteiger partial charge in [-0.1, -0.05) is 36.4 Å². The summed E-state index contributed by atoms with van der Waals surface area (Å²) in [6.45, 7) is 0. The van der Waals surface area contributed by atoms with E-state index in [4.69, 9.17) is 0 Å². The van der Waals surface area contributed by atoms with Crippen molar-refractivity contribution >= 4 is 0 Å². The van der Waals surface area contributed by atoms with E-state index in [1.807, 2.05) is 0 Å². The van der Waals surface area contributed by atoms with Crippen LogP contribution in [0.4, 0.5) is 79.0 Å². The monoisotopic (exact) mass is 714 g/mol. The summed E-state index contributed by atoms with van der Waals surface area (Å²) >= 11 is 0. The minimum atomic E-state index is -6.37. The van der Waals surface area contributed by atoms with Crippen LogP contribution in [-0.4, -0.2) is 0 Å². The number of halogens is 18. The summed E-state index contributed by atoms with van der Waals surface area (Å²) in [5, 5.41) is 0. The second-order valence-corrected chi connectivity index (χ2v) is 9.97. The Morgan fingerprint density at radius 1 is 0.229 bits per heavy atom. The van der Waals surface area contributed by atoms with Gasteiger partial charge in [0.2, 0.25) is 0 Å². The lowest BCUT2D eigenvalue weighted by molar-refractivity contribution is -0.162. The maximum atomic E-state index is 15.0. The highest BCUT2D eigenvalue weighted by atomic mass is 19.4. The van der Waals surface area contributed by atoms with Crippen molar-refractivity contribution in [3.63, 3.8) is 0 Å². The van der Waals surface area contributed by atoms with Crippen LogP contribution < -0.4 is 0 Å². The molecule has 0 bridgehead atoms. The Hall–Kier alpha value is -4.38. The molecule has 258 valence electrons. The van der Waals surface area contributed by atoms with E-state index in [9.17, 15) is 79.0 Å². The number of alkyl halides is 18. The molecule has 0 N–H and O–H groups in total.